The second-order valence-corrected chi connectivity index (χ2v) is 6.55. The van der Waals surface area contributed by atoms with Gasteiger partial charge in [0.2, 0.25) is 17.7 Å². The molecular formula is C15H22N6O3. The summed E-state index contributed by atoms with van der Waals surface area (Å²) in [7, 11) is 0. The molecule has 2 aliphatic heterocycles. The minimum Gasteiger partial charge on any atom is -0.378 e. The minimum absolute atomic E-state index is 0.100. The van der Waals surface area contributed by atoms with E-state index in [4.69, 9.17) is 5.73 Å². The smallest absolute Gasteiger partial charge is 0.329 e. The first-order valence-corrected chi connectivity index (χ1v) is 8.28. The highest BCUT2D eigenvalue weighted by Gasteiger charge is 2.36. The second kappa shape index (κ2) is 6.58. The van der Waals surface area contributed by atoms with Gasteiger partial charge in [-0.2, -0.15) is 4.98 Å². The molecule has 2 aliphatic rings. The molecule has 2 fully saturated rings. The number of likely N-dealkylation sites (tertiary alicyclic amines) is 1. The van der Waals surface area contributed by atoms with E-state index in [-0.39, 0.29) is 23.3 Å². The predicted octanol–water partition coefficient (Wildman–Crippen LogP) is 1.05. The maximum Gasteiger partial charge on any atom is 0.329 e. The van der Waals surface area contributed by atoms with Crippen molar-refractivity contribution in [1.82, 2.24) is 14.9 Å². The lowest BCUT2D eigenvalue weighted by Crippen LogP contribution is -2.48. The van der Waals surface area contributed by atoms with Gasteiger partial charge < -0.3 is 15.5 Å². The number of aromatic nitrogens is 2. The third kappa shape index (κ3) is 3.10. The molecule has 9 nitrogen and oxygen atoms in total. The summed E-state index contributed by atoms with van der Waals surface area (Å²) in [5.74, 6) is 0.594. The van der Waals surface area contributed by atoms with Crippen LogP contribution in [-0.4, -0.2) is 51.9 Å². The van der Waals surface area contributed by atoms with Crippen molar-refractivity contribution in [2.45, 2.75) is 26.2 Å². The molecule has 0 saturated carbocycles. The molecule has 0 bridgehead atoms. The van der Waals surface area contributed by atoms with Crippen molar-refractivity contribution in [2.75, 3.05) is 36.8 Å². The Balaban J connectivity index is 1.76. The number of rotatable bonds is 3. The van der Waals surface area contributed by atoms with Crippen LogP contribution in [0.4, 0.5) is 17.5 Å². The number of carbonyl (C=O) groups is 1. The Morgan fingerprint density at radius 2 is 2.08 bits per heavy atom. The highest BCUT2D eigenvalue weighted by molar-refractivity contribution is 5.80. The van der Waals surface area contributed by atoms with Gasteiger partial charge in [0.25, 0.3) is 0 Å². The number of piperidine rings is 1. The molecule has 1 amide bonds. The number of hydrogen-bond acceptors (Lipinski definition) is 7. The highest BCUT2D eigenvalue weighted by atomic mass is 16.6. The van der Waals surface area contributed by atoms with Crippen molar-refractivity contribution >= 4 is 23.4 Å². The highest BCUT2D eigenvalue weighted by Crippen LogP contribution is 2.29. The van der Waals surface area contributed by atoms with Crippen LogP contribution >= 0.6 is 0 Å². The van der Waals surface area contributed by atoms with E-state index in [1.807, 2.05) is 9.80 Å². The summed E-state index contributed by atoms with van der Waals surface area (Å²) >= 11 is 0. The molecule has 9 heteroatoms. The molecule has 0 unspecified atom stereocenters. The summed E-state index contributed by atoms with van der Waals surface area (Å²) in [6.45, 7) is 5.00. The monoisotopic (exact) mass is 334 g/mol. The topological polar surface area (TPSA) is 118 Å². The zero-order valence-corrected chi connectivity index (χ0v) is 13.7. The van der Waals surface area contributed by atoms with Crippen LogP contribution < -0.4 is 10.6 Å². The summed E-state index contributed by atoms with van der Waals surface area (Å²) in [6.07, 6.45) is 4.12. The first kappa shape index (κ1) is 16.4. The number of amides is 1. The van der Waals surface area contributed by atoms with Crippen molar-refractivity contribution in [3.05, 3.63) is 16.3 Å². The Morgan fingerprint density at radius 1 is 1.38 bits per heavy atom. The minimum atomic E-state index is -0.600. The van der Waals surface area contributed by atoms with Gasteiger partial charge in [0.1, 0.15) is 6.20 Å². The molecule has 0 aliphatic carbocycles. The van der Waals surface area contributed by atoms with Crippen molar-refractivity contribution in [3.8, 4) is 0 Å². The fraction of sp³-hybridized carbons (Fsp3) is 0.667. The molecule has 2 atom stereocenters. The van der Waals surface area contributed by atoms with Gasteiger partial charge in [-0.25, -0.2) is 4.98 Å². The summed E-state index contributed by atoms with van der Waals surface area (Å²) in [4.78, 5) is 34.9. The average Bonchev–Trinajstić information content (AvgIpc) is 3.08. The molecule has 130 valence electrons. The number of nitrogens with two attached hydrogens (primary N) is 1. The van der Waals surface area contributed by atoms with E-state index in [9.17, 15) is 14.9 Å². The summed E-state index contributed by atoms with van der Waals surface area (Å²) in [5, 5.41) is 10.8. The molecule has 24 heavy (non-hydrogen) atoms. The van der Waals surface area contributed by atoms with Crippen LogP contribution in [0.25, 0.3) is 0 Å². The first-order chi connectivity index (χ1) is 11.5. The number of nitrogen functional groups attached to an aromatic ring is 1. The maximum atomic E-state index is 12.7. The van der Waals surface area contributed by atoms with E-state index in [1.54, 1.807) is 0 Å². The number of nitrogens with zero attached hydrogens (tertiary/aromatic N) is 5. The average molecular weight is 334 g/mol. The Kier molecular flexibility index (Phi) is 4.50. The van der Waals surface area contributed by atoms with Gasteiger partial charge in [-0.15, -0.1) is 0 Å². The van der Waals surface area contributed by atoms with Crippen LogP contribution in [0.5, 0.6) is 0 Å². The lowest BCUT2D eigenvalue weighted by Gasteiger charge is -2.37. The molecule has 1 aromatic rings. The molecule has 3 rings (SSSR count). The van der Waals surface area contributed by atoms with Gasteiger partial charge in [0.05, 0.1) is 10.8 Å². The van der Waals surface area contributed by atoms with Crippen LogP contribution in [0.3, 0.4) is 0 Å². The van der Waals surface area contributed by atoms with E-state index in [1.165, 1.54) is 0 Å². The standard InChI is InChI=1S/C15H22N6O3/c1-10-4-7-20(9-11(10)14(22)19-5-2-3-6-19)15-17-8-12(21(23)24)13(16)18-15/h8,10-11H,2-7,9H2,1H3,(H2,16,17,18)/t10-,11+/m0/s1. The van der Waals surface area contributed by atoms with Crippen LogP contribution in [0, 0.1) is 22.0 Å². The normalized spacial score (nSPS) is 24.2. The first-order valence-electron chi connectivity index (χ1n) is 8.28. The van der Waals surface area contributed by atoms with Gasteiger partial charge in [0.15, 0.2) is 0 Å². The van der Waals surface area contributed by atoms with Crippen LogP contribution in [0.1, 0.15) is 26.2 Å². The molecule has 2 N–H and O–H groups in total. The maximum absolute atomic E-state index is 12.7. The Morgan fingerprint density at radius 3 is 2.71 bits per heavy atom. The van der Waals surface area contributed by atoms with Gasteiger partial charge in [-0.05, 0) is 25.2 Å². The van der Waals surface area contributed by atoms with Crippen molar-refractivity contribution in [3.63, 3.8) is 0 Å². The van der Waals surface area contributed by atoms with Crippen LogP contribution in [-0.2, 0) is 4.79 Å². The number of anilines is 2. The molecule has 2 saturated heterocycles. The summed E-state index contributed by atoms with van der Waals surface area (Å²) in [5.41, 5.74) is 5.36. The Labute approximate surface area is 140 Å². The second-order valence-electron chi connectivity index (χ2n) is 6.55. The van der Waals surface area contributed by atoms with E-state index < -0.39 is 4.92 Å². The van der Waals surface area contributed by atoms with Gasteiger partial charge in [-0.3, -0.25) is 14.9 Å². The van der Waals surface area contributed by atoms with E-state index in [2.05, 4.69) is 16.9 Å². The Hall–Kier alpha value is -2.45. The fourth-order valence-corrected chi connectivity index (χ4v) is 3.42. The lowest BCUT2D eigenvalue weighted by atomic mass is 9.86. The predicted molar refractivity (Wildman–Crippen MR) is 88.4 cm³/mol. The van der Waals surface area contributed by atoms with Crippen molar-refractivity contribution < 1.29 is 9.72 Å². The Bertz CT molecular complexity index is 646. The zero-order valence-electron chi connectivity index (χ0n) is 13.7. The van der Waals surface area contributed by atoms with Crippen molar-refractivity contribution in [1.29, 1.82) is 0 Å². The third-order valence-corrected chi connectivity index (χ3v) is 4.96. The molecule has 0 radical (unpaired) electrons. The van der Waals surface area contributed by atoms with E-state index >= 15 is 0 Å². The number of hydrogen-bond donors (Lipinski definition) is 1. The van der Waals surface area contributed by atoms with E-state index in [0.29, 0.717) is 25.0 Å². The molecular weight excluding hydrogens is 312 g/mol. The van der Waals surface area contributed by atoms with Crippen molar-refractivity contribution in [2.24, 2.45) is 11.8 Å². The van der Waals surface area contributed by atoms with Gasteiger partial charge in [-0.1, -0.05) is 6.92 Å². The van der Waals surface area contributed by atoms with Crippen LogP contribution in [0.15, 0.2) is 6.20 Å². The quantitative estimate of drug-likeness (QED) is 0.648. The SMILES string of the molecule is C[C@H]1CCN(c2ncc([N+](=O)[O-])c(N)n2)C[C@H]1C(=O)N1CCCC1. The summed E-state index contributed by atoms with van der Waals surface area (Å²) < 4.78 is 0. The largest absolute Gasteiger partial charge is 0.378 e. The van der Waals surface area contributed by atoms with Gasteiger partial charge in [0, 0.05) is 26.2 Å². The van der Waals surface area contributed by atoms with E-state index in [0.717, 1.165) is 38.5 Å². The number of carbonyl (C=O) groups excluding carboxylic acids is 1. The van der Waals surface area contributed by atoms with Gasteiger partial charge >= 0.3 is 5.69 Å². The zero-order chi connectivity index (χ0) is 17.3. The molecule has 1 aromatic heterocycles. The molecule has 0 aromatic carbocycles. The summed E-state index contributed by atoms with van der Waals surface area (Å²) in [6, 6.07) is 0. The third-order valence-electron chi connectivity index (χ3n) is 4.96. The van der Waals surface area contributed by atoms with Crippen LogP contribution in [0.2, 0.25) is 0 Å². The molecule has 0 spiro atoms. The number of nitro groups is 1. The lowest BCUT2D eigenvalue weighted by molar-refractivity contribution is -0.384. The molecule has 3 heterocycles. The fourth-order valence-electron chi connectivity index (χ4n) is 3.42.